The van der Waals surface area contributed by atoms with Crippen molar-refractivity contribution in [2.24, 2.45) is 0 Å². The number of aromatic nitrogens is 2. The van der Waals surface area contributed by atoms with Crippen molar-refractivity contribution < 1.29 is 9.53 Å². The highest BCUT2D eigenvalue weighted by Crippen LogP contribution is 2.31. The standard InChI is InChI=1S/C23H21N3O3S/c1-14-5-4-6-19(15(14)2)25-20(27)11-26-13-24-22-21(23(26)28)18(12-30-22)16-7-9-17(29-3)10-8-16/h4-10,12-13H,11H2,1-3H3,(H,25,27). The van der Waals surface area contributed by atoms with Crippen LogP contribution in [-0.4, -0.2) is 22.6 Å². The molecule has 0 bridgehead atoms. The number of aryl methyl sites for hydroxylation is 1. The molecule has 152 valence electrons. The number of hydrogen-bond acceptors (Lipinski definition) is 5. The van der Waals surface area contributed by atoms with E-state index in [-0.39, 0.29) is 18.0 Å². The van der Waals surface area contributed by atoms with E-state index >= 15 is 0 Å². The Morgan fingerprint density at radius 3 is 2.67 bits per heavy atom. The van der Waals surface area contributed by atoms with E-state index in [1.54, 1.807) is 7.11 Å². The lowest BCUT2D eigenvalue weighted by Gasteiger charge is -2.11. The van der Waals surface area contributed by atoms with Crippen molar-refractivity contribution >= 4 is 33.1 Å². The maximum absolute atomic E-state index is 13.1. The van der Waals surface area contributed by atoms with E-state index in [9.17, 15) is 9.59 Å². The van der Waals surface area contributed by atoms with E-state index in [0.717, 1.165) is 33.7 Å². The minimum Gasteiger partial charge on any atom is -0.497 e. The van der Waals surface area contributed by atoms with Crippen LogP contribution in [0.25, 0.3) is 21.3 Å². The predicted octanol–water partition coefficient (Wildman–Crippen LogP) is 4.39. The molecule has 1 N–H and O–H groups in total. The molecule has 1 amide bonds. The number of amides is 1. The summed E-state index contributed by atoms with van der Waals surface area (Å²) >= 11 is 1.41. The first-order valence-electron chi connectivity index (χ1n) is 9.45. The number of hydrogen-bond donors (Lipinski definition) is 1. The molecule has 2 heterocycles. The molecule has 0 aliphatic carbocycles. The van der Waals surface area contributed by atoms with Crippen molar-refractivity contribution in [2.45, 2.75) is 20.4 Å². The summed E-state index contributed by atoms with van der Waals surface area (Å²) in [5, 5.41) is 5.33. The zero-order valence-corrected chi connectivity index (χ0v) is 17.7. The van der Waals surface area contributed by atoms with E-state index in [1.165, 1.54) is 22.2 Å². The van der Waals surface area contributed by atoms with Gasteiger partial charge in [-0.05, 0) is 48.7 Å². The van der Waals surface area contributed by atoms with Gasteiger partial charge in [-0.15, -0.1) is 11.3 Å². The quantitative estimate of drug-likeness (QED) is 0.521. The smallest absolute Gasteiger partial charge is 0.263 e. The number of carbonyl (C=O) groups is 1. The summed E-state index contributed by atoms with van der Waals surface area (Å²) in [6.07, 6.45) is 1.43. The van der Waals surface area contributed by atoms with Crippen LogP contribution in [0.3, 0.4) is 0 Å². The Morgan fingerprint density at radius 2 is 1.93 bits per heavy atom. The third-order valence-electron chi connectivity index (χ3n) is 5.15. The van der Waals surface area contributed by atoms with Gasteiger partial charge in [0.25, 0.3) is 5.56 Å². The second-order valence-electron chi connectivity index (χ2n) is 7.03. The van der Waals surface area contributed by atoms with Gasteiger partial charge in [-0.25, -0.2) is 4.98 Å². The number of carbonyl (C=O) groups excluding carboxylic acids is 1. The van der Waals surface area contributed by atoms with E-state index < -0.39 is 0 Å². The molecule has 0 spiro atoms. The van der Waals surface area contributed by atoms with Crippen molar-refractivity contribution in [3.8, 4) is 16.9 Å². The first-order valence-corrected chi connectivity index (χ1v) is 10.3. The maximum atomic E-state index is 13.1. The van der Waals surface area contributed by atoms with Crippen LogP contribution in [0.5, 0.6) is 5.75 Å². The van der Waals surface area contributed by atoms with Gasteiger partial charge in [-0.2, -0.15) is 0 Å². The zero-order valence-electron chi connectivity index (χ0n) is 16.9. The lowest BCUT2D eigenvalue weighted by Crippen LogP contribution is -2.28. The van der Waals surface area contributed by atoms with Gasteiger partial charge in [0.2, 0.25) is 5.91 Å². The monoisotopic (exact) mass is 419 g/mol. The third-order valence-corrected chi connectivity index (χ3v) is 6.04. The summed E-state index contributed by atoms with van der Waals surface area (Å²) < 4.78 is 6.55. The lowest BCUT2D eigenvalue weighted by molar-refractivity contribution is -0.116. The Labute approximate surface area is 177 Å². The van der Waals surface area contributed by atoms with E-state index in [1.807, 2.05) is 61.7 Å². The van der Waals surface area contributed by atoms with Crippen LogP contribution in [0.15, 0.2) is 59.0 Å². The molecule has 0 aliphatic rings. The molecule has 7 heteroatoms. The fraction of sp³-hybridized carbons (Fsp3) is 0.174. The molecule has 2 aromatic carbocycles. The third kappa shape index (κ3) is 3.71. The van der Waals surface area contributed by atoms with Gasteiger partial charge in [-0.1, -0.05) is 24.3 Å². The molecule has 0 unspecified atom stereocenters. The average Bonchev–Trinajstić information content (AvgIpc) is 3.18. The Bertz CT molecular complexity index is 1290. The van der Waals surface area contributed by atoms with E-state index in [2.05, 4.69) is 10.3 Å². The molecule has 0 fully saturated rings. The summed E-state index contributed by atoms with van der Waals surface area (Å²) in [5.41, 5.74) is 4.32. The van der Waals surface area contributed by atoms with E-state index in [4.69, 9.17) is 4.74 Å². The van der Waals surface area contributed by atoms with Gasteiger partial charge >= 0.3 is 0 Å². The summed E-state index contributed by atoms with van der Waals surface area (Å²) in [6.45, 7) is 3.84. The second-order valence-corrected chi connectivity index (χ2v) is 7.89. The molecule has 4 rings (SSSR count). The van der Waals surface area contributed by atoms with Gasteiger partial charge in [0, 0.05) is 16.6 Å². The van der Waals surface area contributed by atoms with Crippen molar-refractivity contribution in [3.05, 3.63) is 75.7 Å². The highest BCUT2D eigenvalue weighted by Gasteiger charge is 2.15. The summed E-state index contributed by atoms with van der Waals surface area (Å²) in [5.74, 6) is 0.477. The highest BCUT2D eigenvalue weighted by molar-refractivity contribution is 7.17. The Balaban J connectivity index is 1.65. The molecule has 0 saturated heterocycles. The Hall–Kier alpha value is -3.45. The van der Waals surface area contributed by atoms with Gasteiger partial charge in [-0.3, -0.25) is 14.2 Å². The van der Waals surface area contributed by atoms with Crippen LogP contribution in [-0.2, 0) is 11.3 Å². The van der Waals surface area contributed by atoms with Gasteiger partial charge in [0.05, 0.1) is 18.8 Å². The minimum atomic E-state index is -0.270. The number of thiophene rings is 1. The van der Waals surface area contributed by atoms with Crippen LogP contribution in [0, 0.1) is 13.8 Å². The van der Waals surface area contributed by atoms with Crippen LogP contribution >= 0.6 is 11.3 Å². The molecule has 30 heavy (non-hydrogen) atoms. The first-order chi connectivity index (χ1) is 14.5. The summed E-state index contributed by atoms with van der Waals surface area (Å²) in [4.78, 5) is 30.8. The van der Waals surface area contributed by atoms with Crippen molar-refractivity contribution in [1.29, 1.82) is 0 Å². The Morgan fingerprint density at radius 1 is 1.17 bits per heavy atom. The minimum absolute atomic E-state index is 0.104. The van der Waals surface area contributed by atoms with Crippen LogP contribution in [0.1, 0.15) is 11.1 Å². The highest BCUT2D eigenvalue weighted by atomic mass is 32.1. The largest absolute Gasteiger partial charge is 0.497 e. The van der Waals surface area contributed by atoms with Crippen LogP contribution in [0.2, 0.25) is 0 Å². The normalized spacial score (nSPS) is 10.9. The fourth-order valence-corrected chi connectivity index (χ4v) is 4.20. The summed E-state index contributed by atoms with van der Waals surface area (Å²) in [6, 6.07) is 13.3. The van der Waals surface area contributed by atoms with E-state index in [0.29, 0.717) is 10.2 Å². The molecule has 4 aromatic rings. The predicted molar refractivity (Wildman–Crippen MR) is 120 cm³/mol. The summed E-state index contributed by atoms with van der Waals surface area (Å²) in [7, 11) is 1.61. The SMILES string of the molecule is COc1ccc(-c2csc3ncn(CC(=O)Nc4cccc(C)c4C)c(=O)c23)cc1. The average molecular weight is 420 g/mol. The Kier molecular flexibility index (Phi) is 5.37. The van der Waals surface area contributed by atoms with Gasteiger partial charge in [0.1, 0.15) is 17.1 Å². The van der Waals surface area contributed by atoms with Gasteiger partial charge in [0.15, 0.2) is 0 Å². The molecule has 0 saturated carbocycles. The number of benzene rings is 2. The number of fused-ring (bicyclic) bond motifs is 1. The van der Waals surface area contributed by atoms with Crippen LogP contribution in [0.4, 0.5) is 5.69 Å². The van der Waals surface area contributed by atoms with Crippen molar-refractivity contribution in [1.82, 2.24) is 9.55 Å². The topological polar surface area (TPSA) is 73.2 Å². The number of nitrogens with zero attached hydrogens (tertiary/aromatic N) is 2. The number of anilines is 1. The molecular weight excluding hydrogens is 398 g/mol. The number of ether oxygens (including phenoxy) is 1. The number of methoxy groups -OCH3 is 1. The number of rotatable bonds is 5. The van der Waals surface area contributed by atoms with Crippen LogP contribution < -0.4 is 15.6 Å². The number of nitrogens with one attached hydrogen (secondary N) is 1. The maximum Gasteiger partial charge on any atom is 0.263 e. The molecule has 6 nitrogen and oxygen atoms in total. The molecular formula is C23H21N3O3S. The first kappa shape index (κ1) is 19.8. The fourth-order valence-electron chi connectivity index (χ4n) is 3.29. The second kappa shape index (κ2) is 8.12. The lowest BCUT2D eigenvalue weighted by atomic mass is 10.1. The molecule has 0 radical (unpaired) electrons. The van der Waals surface area contributed by atoms with Crippen molar-refractivity contribution in [2.75, 3.05) is 12.4 Å². The molecule has 2 aromatic heterocycles. The van der Waals surface area contributed by atoms with Crippen molar-refractivity contribution in [3.63, 3.8) is 0 Å². The van der Waals surface area contributed by atoms with Gasteiger partial charge < -0.3 is 10.1 Å². The molecule has 0 aliphatic heterocycles. The zero-order chi connectivity index (χ0) is 21.3. The molecule has 0 atom stereocenters.